The maximum absolute atomic E-state index is 11.2. The average molecular weight is 233 g/mol. The predicted octanol–water partition coefficient (Wildman–Crippen LogP) is 0.332. The Labute approximate surface area is 91.3 Å². The first-order valence-corrected chi connectivity index (χ1v) is 7.53. The van der Waals surface area contributed by atoms with Crippen LogP contribution >= 0.6 is 0 Å². The molecule has 5 heteroatoms. The lowest BCUT2D eigenvalue weighted by molar-refractivity contribution is 0.0158. The van der Waals surface area contributed by atoms with Gasteiger partial charge in [-0.1, -0.05) is 0 Å². The van der Waals surface area contributed by atoms with E-state index in [2.05, 4.69) is 5.32 Å². The van der Waals surface area contributed by atoms with Gasteiger partial charge in [0.1, 0.15) is 0 Å². The van der Waals surface area contributed by atoms with Crippen LogP contribution in [-0.4, -0.2) is 45.2 Å². The second kappa shape index (κ2) is 4.80. The highest BCUT2D eigenvalue weighted by Crippen LogP contribution is 2.14. The van der Waals surface area contributed by atoms with Gasteiger partial charge < -0.3 is 10.1 Å². The molecule has 2 unspecified atom stereocenters. The molecule has 0 radical (unpaired) electrons. The van der Waals surface area contributed by atoms with E-state index in [4.69, 9.17) is 4.74 Å². The van der Waals surface area contributed by atoms with Gasteiger partial charge in [-0.2, -0.15) is 0 Å². The van der Waals surface area contributed by atoms with Crippen molar-refractivity contribution in [2.45, 2.75) is 37.8 Å². The zero-order chi connectivity index (χ0) is 10.7. The Balaban J connectivity index is 1.70. The minimum atomic E-state index is -2.75. The van der Waals surface area contributed by atoms with E-state index < -0.39 is 9.84 Å². The van der Waals surface area contributed by atoms with Crippen LogP contribution in [0.25, 0.3) is 0 Å². The number of hydrogen-bond acceptors (Lipinski definition) is 4. The van der Waals surface area contributed by atoms with Crippen LogP contribution in [0, 0.1) is 0 Å². The number of sulfone groups is 1. The maximum atomic E-state index is 11.2. The average Bonchev–Trinajstić information content (AvgIpc) is 2.57. The molecule has 2 aliphatic rings. The smallest absolute Gasteiger partial charge is 0.151 e. The minimum absolute atomic E-state index is 0.153. The monoisotopic (exact) mass is 233 g/mol. The summed E-state index contributed by atoms with van der Waals surface area (Å²) in [6.07, 6.45) is 4.55. The SMILES string of the molecule is O=S1(=O)CCC(NCC2CCCCO2)C1. The van der Waals surface area contributed by atoms with Gasteiger partial charge in [0, 0.05) is 19.2 Å². The summed E-state index contributed by atoms with van der Waals surface area (Å²) in [6, 6.07) is 0.153. The molecule has 0 aromatic carbocycles. The van der Waals surface area contributed by atoms with E-state index in [1.54, 1.807) is 0 Å². The summed E-state index contributed by atoms with van der Waals surface area (Å²) in [4.78, 5) is 0. The summed E-state index contributed by atoms with van der Waals surface area (Å²) in [5.41, 5.74) is 0. The third-order valence-electron chi connectivity index (χ3n) is 3.14. The molecule has 2 heterocycles. The Morgan fingerprint density at radius 2 is 2.13 bits per heavy atom. The van der Waals surface area contributed by atoms with E-state index in [1.807, 2.05) is 0 Å². The first-order valence-electron chi connectivity index (χ1n) is 5.71. The molecule has 1 N–H and O–H groups in total. The van der Waals surface area contributed by atoms with E-state index in [-0.39, 0.29) is 6.04 Å². The fourth-order valence-electron chi connectivity index (χ4n) is 2.22. The van der Waals surface area contributed by atoms with Crippen LogP contribution in [0.2, 0.25) is 0 Å². The number of ether oxygens (including phenoxy) is 1. The molecular formula is C10H19NO3S. The molecule has 2 rings (SSSR count). The quantitative estimate of drug-likeness (QED) is 0.763. The lowest BCUT2D eigenvalue weighted by Crippen LogP contribution is -2.38. The second-order valence-electron chi connectivity index (χ2n) is 4.50. The lowest BCUT2D eigenvalue weighted by Gasteiger charge is -2.24. The van der Waals surface area contributed by atoms with Crippen molar-refractivity contribution in [1.29, 1.82) is 0 Å². The van der Waals surface area contributed by atoms with E-state index in [1.165, 1.54) is 6.42 Å². The zero-order valence-electron chi connectivity index (χ0n) is 8.94. The van der Waals surface area contributed by atoms with Crippen molar-refractivity contribution in [3.63, 3.8) is 0 Å². The van der Waals surface area contributed by atoms with Crippen LogP contribution in [0.15, 0.2) is 0 Å². The van der Waals surface area contributed by atoms with Crippen LogP contribution in [-0.2, 0) is 14.6 Å². The first-order chi connectivity index (χ1) is 7.16. The summed E-state index contributed by atoms with van der Waals surface area (Å²) in [6.45, 7) is 1.66. The molecule has 2 atom stereocenters. The number of rotatable bonds is 3. The molecule has 0 bridgehead atoms. The first kappa shape index (κ1) is 11.4. The minimum Gasteiger partial charge on any atom is -0.377 e. The van der Waals surface area contributed by atoms with Gasteiger partial charge in [-0.05, 0) is 25.7 Å². The summed E-state index contributed by atoms with van der Waals surface area (Å²) in [7, 11) is -2.75. The van der Waals surface area contributed by atoms with Crippen molar-refractivity contribution in [2.75, 3.05) is 24.7 Å². The molecule has 15 heavy (non-hydrogen) atoms. The highest BCUT2D eigenvalue weighted by atomic mass is 32.2. The zero-order valence-corrected chi connectivity index (χ0v) is 9.76. The molecule has 0 aliphatic carbocycles. The predicted molar refractivity (Wildman–Crippen MR) is 58.7 cm³/mol. The van der Waals surface area contributed by atoms with Gasteiger partial charge in [-0.25, -0.2) is 8.42 Å². The Hall–Kier alpha value is -0.130. The van der Waals surface area contributed by atoms with Gasteiger partial charge in [0.05, 0.1) is 17.6 Å². The Morgan fingerprint density at radius 3 is 2.73 bits per heavy atom. The van der Waals surface area contributed by atoms with Gasteiger partial charge in [0.15, 0.2) is 9.84 Å². The van der Waals surface area contributed by atoms with Crippen LogP contribution in [0.5, 0.6) is 0 Å². The van der Waals surface area contributed by atoms with Crippen molar-refractivity contribution < 1.29 is 13.2 Å². The lowest BCUT2D eigenvalue weighted by atomic mass is 10.1. The highest BCUT2D eigenvalue weighted by Gasteiger charge is 2.28. The number of hydrogen-bond donors (Lipinski definition) is 1. The summed E-state index contributed by atoms with van der Waals surface area (Å²) in [5, 5.41) is 3.30. The third-order valence-corrected chi connectivity index (χ3v) is 4.91. The van der Waals surface area contributed by atoms with E-state index in [0.717, 1.165) is 32.4 Å². The molecule has 0 aromatic heterocycles. The van der Waals surface area contributed by atoms with Crippen molar-refractivity contribution in [1.82, 2.24) is 5.32 Å². The van der Waals surface area contributed by atoms with E-state index >= 15 is 0 Å². The largest absolute Gasteiger partial charge is 0.377 e. The second-order valence-corrected chi connectivity index (χ2v) is 6.73. The molecule has 0 spiro atoms. The molecule has 2 aliphatic heterocycles. The molecule has 2 fully saturated rings. The molecule has 2 saturated heterocycles. The topological polar surface area (TPSA) is 55.4 Å². The summed E-state index contributed by atoms with van der Waals surface area (Å²) in [5.74, 6) is 0.649. The standard InChI is InChI=1S/C10H19NO3S/c12-15(13)6-4-9(8-15)11-7-10-3-1-2-5-14-10/h9-11H,1-8H2. The summed E-state index contributed by atoms with van der Waals surface area (Å²) >= 11 is 0. The molecule has 0 saturated carbocycles. The Bertz CT molecular complexity index is 296. The highest BCUT2D eigenvalue weighted by molar-refractivity contribution is 7.91. The van der Waals surface area contributed by atoms with Gasteiger partial charge >= 0.3 is 0 Å². The van der Waals surface area contributed by atoms with Gasteiger partial charge in [0.2, 0.25) is 0 Å². The molecule has 88 valence electrons. The van der Waals surface area contributed by atoms with Crippen molar-refractivity contribution in [3.8, 4) is 0 Å². The van der Waals surface area contributed by atoms with Crippen molar-refractivity contribution >= 4 is 9.84 Å². The fourth-order valence-corrected chi connectivity index (χ4v) is 3.93. The van der Waals surface area contributed by atoms with Gasteiger partial charge in [0.25, 0.3) is 0 Å². The molecule has 0 aromatic rings. The van der Waals surface area contributed by atoms with Gasteiger partial charge in [-0.3, -0.25) is 0 Å². The maximum Gasteiger partial charge on any atom is 0.151 e. The van der Waals surface area contributed by atoms with Crippen molar-refractivity contribution in [3.05, 3.63) is 0 Å². The Morgan fingerprint density at radius 1 is 1.27 bits per heavy atom. The van der Waals surface area contributed by atoms with E-state index in [9.17, 15) is 8.42 Å². The van der Waals surface area contributed by atoms with Gasteiger partial charge in [-0.15, -0.1) is 0 Å². The third kappa shape index (κ3) is 3.43. The van der Waals surface area contributed by atoms with Crippen LogP contribution < -0.4 is 5.32 Å². The molecule has 0 amide bonds. The fraction of sp³-hybridized carbons (Fsp3) is 1.00. The van der Waals surface area contributed by atoms with E-state index in [0.29, 0.717) is 17.6 Å². The molecular weight excluding hydrogens is 214 g/mol. The van der Waals surface area contributed by atoms with Crippen LogP contribution in [0.1, 0.15) is 25.7 Å². The van der Waals surface area contributed by atoms with Crippen LogP contribution in [0.4, 0.5) is 0 Å². The summed E-state index contributed by atoms with van der Waals surface area (Å²) < 4.78 is 28.0. The molecule has 4 nitrogen and oxygen atoms in total. The van der Waals surface area contributed by atoms with Crippen molar-refractivity contribution in [2.24, 2.45) is 0 Å². The number of nitrogens with one attached hydrogen (secondary N) is 1. The Kier molecular flexibility index (Phi) is 3.64. The van der Waals surface area contributed by atoms with Crippen LogP contribution in [0.3, 0.4) is 0 Å². The normalized spacial score (nSPS) is 35.5.